The summed E-state index contributed by atoms with van der Waals surface area (Å²) < 4.78 is 15.4. The van der Waals surface area contributed by atoms with Crippen molar-refractivity contribution in [1.29, 1.82) is 0 Å². The number of esters is 3. The van der Waals surface area contributed by atoms with Gasteiger partial charge in [0, 0.05) is 32.1 Å². The molecule has 0 heterocycles. The van der Waals surface area contributed by atoms with Gasteiger partial charge < -0.3 is 24.4 Å². The molecule has 1 unspecified atom stereocenters. The van der Waals surface area contributed by atoms with Gasteiger partial charge in [-0.25, -0.2) is 0 Å². The Balaban J connectivity index is -0.000000788. The molecule has 0 saturated heterocycles. The van der Waals surface area contributed by atoms with Crippen LogP contribution in [0.1, 0.15) is 253 Å². The molecule has 0 radical (unpaired) electrons. The van der Waals surface area contributed by atoms with E-state index in [-0.39, 0.29) is 24.3 Å². The highest BCUT2D eigenvalue weighted by Gasteiger charge is 2.10. The van der Waals surface area contributed by atoms with E-state index in [1.54, 1.807) is 0 Å². The topological polar surface area (TPSA) is 154 Å². The van der Waals surface area contributed by atoms with Gasteiger partial charge >= 0.3 is 29.8 Å². The lowest BCUT2D eigenvalue weighted by atomic mass is 10.0. The minimum absolute atomic E-state index is 0.0687. The third-order valence-electron chi connectivity index (χ3n) is 10.1. The summed E-state index contributed by atoms with van der Waals surface area (Å²) in [6.45, 7) is 12.3. The minimum atomic E-state index is -0.716. The molecule has 0 rings (SSSR count). The van der Waals surface area contributed by atoms with Crippen LogP contribution in [0.5, 0.6) is 0 Å². The van der Waals surface area contributed by atoms with Gasteiger partial charge in [-0.1, -0.05) is 169 Å². The highest BCUT2D eigenvalue weighted by molar-refractivity contribution is 5.70. The number of carbonyl (C=O) groups is 5. The predicted molar refractivity (Wildman–Crippen MR) is 237 cm³/mol. The van der Waals surface area contributed by atoms with Crippen LogP contribution in [0, 0.1) is 5.92 Å². The van der Waals surface area contributed by atoms with Crippen molar-refractivity contribution in [2.24, 2.45) is 5.92 Å². The van der Waals surface area contributed by atoms with Crippen molar-refractivity contribution >= 4 is 29.8 Å². The van der Waals surface area contributed by atoms with Crippen LogP contribution >= 0.6 is 0 Å². The number of carboxylic acid groups (broad SMARTS) is 2. The fraction of sp³-hybridized carbons (Fsp3) is 0.896. The standard InChI is InChI=1S/C18H34O4.C16H32O2.C14H26O4/c1-3-5-12-16(4-2)15-22-18(21)14-11-9-7-6-8-10-13-17(19)20;1-2-3-4-5-6-7-8-9-10-11-12-13-14-15-16(17)18;1-3-5-11-17-13(15)9-7-8-10-14(16)18-12-6-4-2/h16H,3-15H2,1-2H3,(H,19,20);2-15H2,1H3,(H,17,18);3-12H2,1-2H3. The van der Waals surface area contributed by atoms with E-state index in [1.807, 2.05) is 0 Å². The van der Waals surface area contributed by atoms with E-state index in [4.69, 9.17) is 24.4 Å². The molecule has 0 aliphatic carbocycles. The Hall–Kier alpha value is -2.65. The van der Waals surface area contributed by atoms with E-state index >= 15 is 0 Å². The zero-order chi connectivity index (χ0) is 43.7. The van der Waals surface area contributed by atoms with Gasteiger partial charge in [-0.2, -0.15) is 0 Å². The number of ether oxygens (including phenoxy) is 3. The molecule has 0 bridgehead atoms. The van der Waals surface area contributed by atoms with Crippen molar-refractivity contribution in [2.45, 2.75) is 253 Å². The fourth-order valence-electron chi connectivity index (χ4n) is 6.07. The summed E-state index contributed by atoms with van der Waals surface area (Å²) in [6.07, 6.45) is 34.5. The molecule has 10 nitrogen and oxygen atoms in total. The average molecular weight is 829 g/mol. The molecule has 0 aromatic carbocycles. The first kappa shape index (κ1) is 59.7. The van der Waals surface area contributed by atoms with Gasteiger partial charge in [0.15, 0.2) is 0 Å². The number of unbranched alkanes of at least 4 members (excludes halogenated alkanes) is 21. The van der Waals surface area contributed by atoms with Gasteiger partial charge in [-0.05, 0) is 57.3 Å². The van der Waals surface area contributed by atoms with Crippen LogP contribution in [0.4, 0.5) is 0 Å². The van der Waals surface area contributed by atoms with Crippen molar-refractivity contribution in [3.63, 3.8) is 0 Å². The number of carbonyl (C=O) groups excluding carboxylic acids is 3. The van der Waals surface area contributed by atoms with Crippen molar-refractivity contribution < 1.29 is 48.4 Å². The zero-order valence-corrected chi connectivity index (χ0v) is 38.4. The molecule has 0 amide bonds. The highest BCUT2D eigenvalue weighted by atomic mass is 16.5. The summed E-state index contributed by atoms with van der Waals surface area (Å²) in [5.41, 5.74) is 0. The van der Waals surface area contributed by atoms with Crippen molar-refractivity contribution in [2.75, 3.05) is 19.8 Å². The third kappa shape index (κ3) is 55.4. The maximum absolute atomic E-state index is 11.7. The molecule has 0 aliphatic heterocycles. The second kappa shape index (κ2) is 50.5. The molecule has 58 heavy (non-hydrogen) atoms. The molecule has 0 aliphatic rings. The highest BCUT2D eigenvalue weighted by Crippen LogP contribution is 2.15. The van der Waals surface area contributed by atoms with E-state index in [2.05, 4.69) is 34.6 Å². The first-order valence-electron chi connectivity index (χ1n) is 24.0. The summed E-state index contributed by atoms with van der Waals surface area (Å²) in [5.74, 6) is -1.25. The number of aliphatic carboxylic acids is 2. The molecule has 1 atom stereocenters. The Kier molecular flexibility index (Phi) is 51.9. The quantitative estimate of drug-likeness (QED) is 0.0346. The van der Waals surface area contributed by atoms with E-state index in [0.29, 0.717) is 64.3 Å². The zero-order valence-electron chi connectivity index (χ0n) is 38.4. The van der Waals surface area contributed by atoms with Gasteiger partial charge in [-0.3, -0.25) is 24.0 Å². The lowest BCUT2D eigenvalue weighted by Crippen LogP contribution is -2.13. The number of carboxylic acids is 2. The maximum Gasteiger partial charge on any atom is 0.305 e. The fourth-order valence-corrected chi connectivity index (χ4v) is 6.07. The smallest absolute Gasteiger partial charge is 0.305 e. The lowest BCUT2D eigenvalue weighted by Gasteiger charge is -2.14. The second-order valence-electron chi connectivity index (χ2n) is 15.9. The molecule has 10 heteroatoms. The normalized spacial score (nSPS) is 11.1. The molecular weight excluding hydrogens is 737 g/mol. The average Bonchev–Trinajstić information content (AvgIpc) is 3.20. The Morgan fingerprint density at radius 1 is 0.362 bits per heavy atom. The SMILES string of the molecule is CCCCC(CC)COC(=O)CCCCCCCCC(=O)O.CCCCCCCCCCCCCCCC(=O)O.CCCCOC(=O)CCCCC(=O)OCCCC. The lowest BCUT2D eigenvalue weighted by molar-refractivity contribution is -0.146. The van der Waals surface area contributed by atoms with Crippen molar-refractivity contribution in [1.82, 2.24) is 0 Å². The van der Waals surface area contributed by atoms with Crippen LogP contribution in [0.15, 0.2) is 0 Å². The van der Waals surface area contributed by atoms with Crippen LogP contribution in [-0.2, 0) is 38.2 Å². The van der Waals surface area contributed by atoms with Gasteiger partial charge in [0.2, 0.25) is 0 Å². The van der Waals surface area contributed by atoms with E-state index < -0.39 is 11.9 Å². The number of hydrogen-bond donors (Lipinski definition) is 2. The molecule has 0 aromatic heterocycles. The van der Waals surface area contributed by atoms with E-state index in [0.717, 1.165) is 89.9 Å². The Morgan fingerprint density at radius 2 is 0.655 bits per heavy atom. The molecule has 0 saturated carbocycles. The van der Waals surface area contributed by atoms with Gasteiger partial charge in [-0.15, -0.1) is 0 Å². The van der Waals surface area contributed by atoms with Crippen molar-refractivity contribution in [3.8, 4) is 0 Å². The Morgan fingerprint density at radius 3 is 0.983 bits per heavy atom. The second-order valence-corrected chi connectivity index (χ2v) is 15.9. The first-order chi connectivity index (χ1) is 28.1. The number of hydrogen-bond acceptors (Lipinski definition) is 8. The van der Waals surface area contributed by atoms with Crippen molar-refractivity contribution in [3.05, 3.63) is 0 Å². The third-order valence-corrected chi connectivity index (χ3v) is 10.1. The summed E-state index contributed by atoms with van der Waals surface area (Å²) in [7, 11) is 0. The Labute approximate surface area is 356 Å². The van der Waals surface area contributed by atoms with Crippen LogP contribution < -0.4 is 0 Å². The molecule has 2 N–H and O–H groups in total. The molecule has 0 aromatic rings. The summed E-state index contributed by atoms with van der Waals surface area (Å²) in [5, 5.41) is 17.0. The largest absolute Gasteiger partial charge is 0.481 e. The van der Waals surface area contributed by atoms with E-state index in [9.17, 15) is 24.0 Å². The first-order valence-corrected chi connectivity index (χ1v) is 24.0. The summed E-state index contributed by atoms with van der Waals surface area (Å²) >= 11 is 0. The monoisotopic (exact) mass is 829 g/mol. The molecule has 344 valence electrons. The predicted octanol–water partition coefficient (Wildman–Crippen LogP) is 13.7. The van der Waals surface area contributed by atoms with Gasteiger partial charge in [0.25, 0.3) is 0 Å². The van der Waals surface area contributed by atoms with Crippen LogP contribution in [0.2, 0.25) is 0 Å². The van der Waals surface area contributed by atoms with Gasteiger partial charge in [0.1, 0.15) is 0 Å². The molecule has 0 fully saturated rings. The summed E-state index contributed by atoms with van der Waals surface area (Å²) in [4.78, 5) is 54.8. The summed E-state index contributed by atoms with van der Waals surface area (Å²) in [6, 6.07) is 0. The van der Waals surface area contributed by atoms with Crippen LogP contribution in [0.3, 0.4) is 0 Å². The molecular formula is C48H92O10. The number of rotatable bonds is 40. The maximum atomic E-state index is 11.7. The Bertz CT molecular complexity index is 898. The minimum Gasteiger partial charge on any atom is -0.481 e. The van der Waals surface area contributed by atoms with Gasteiger partial charge in [0.05, 0.1) is 19.8 Å². The van der Waals surface area contributed by atoms with Crippen LogP contribution in [0.25, 0.3) is 0 Å². The van der Waals surface area contributed by atoms with Crippen LogP contribution in [-0.4, -0.2) is 59.9 Å². The molecule has 0 spiro atoms. The van der Waals surface area contributed by atoms with E-state index in [1.165, 1.54) is 83.5 Å².